The van der Waals surface area contributed by atoms with Crippen LogP contribution in [0, 0.1) is 0 Å². The molecule has 0 bridgehead atoms. The number of carbonyl (C=O) groups excluding carboxylic acids is 1. The molecule has 0 fully saturated rings. The summed E-state index contributed by atoms with van der Waals surface area (Å²) in [6.45, 7) is 0. The first-order valence-electron chi connectivity index (χ1n) is 6.06. The van der Waals surface area contributed by atoms with E-state index in [-0.39, 0.29) is 5.91 Å². The van der Waals surface area contributed by atoms with Crippen LogP contribution in [0.15, 0.2) is 47.4 Å². The number of fused-ring (bicyclic) bond motifs is 1. The van der Waals surface area contributed by atoms with Crippen LogP contribution in [0.2, 0.25) is 0 Å². The van der Waals surface area contributed by atoms with Gasteiger partial charge in [-0.3, -0.25) is 4.79 Å². The normalized spacial score (nSPS) is 10.4. The van der Waals surface area contributed by atoms with Crippen LogP contribution in [0.1, 0.15) is 10.4 Å². The SMILES string of the molecule is CNc1ncc(C(=O)Nc2cnoc2)c2ccccc12. The topological polar surface area (TPSA) is 80.0 Å². The van der Waals surface area contributed by atoms with Gasteiger partial charge in [-0.15, -0.1) is 0 Å². The molecule has 20 heavy (non-hydrogen) atoms. The smallest absolute Gasteiger partial charge is 0.257 e. The van der Waals surface area contributed by atoms with Crippen LogP contribution in [0.25, 0.3) is 10.8 Å². The average Bonchev–Trinajstić information content (AvgIpc) is 2.99. The summed E-state index contributed by atoms with van der Waals surface area (Å²) < 4.78 is 4.68. The Hall–Kier alpha value is -2.89. The van der Waals surface area contributed by atoms with Gasteiger partial charge in [-0.05, 0) is 5.39 Å². The second-order valence-corrected chi connectivity index (χ2v) is 4.18. The summed E-state index contributed by atoms with van der Waals surface area (Å²) in [5.74, 6) is 0.488. The van der Waals surface area contributed by atoms with Crippen molar-refractivity contribution in [3.8, 4) is 0 Å². The molecule has 1 aromatic carbocycles. The van der Waals surface area contributed by atoms with Crippen LogP contribution >= 0.6 is 0 Å². The maximum Gasteiger partial charge on any atom is 0.257 e. The van der Waals surface area contributed by atoms with E-state index < -0.39 is 0 Å². The third kappa shape index (κ3) is 2.07. The van der Waals surface area contributed by atoms with E-state index in [2.05, 4.69) is 25.3 Å². The van der Waals surface area contributed by atoms with Crippen LogP contribution in [0.5, 0.6) is 0 Å². The molecule has 2 aromatic heterocycles. The van der Waals surface area contributed by atoms with Crippen molar-refractivity contribution in [1.82, 2.24) is 10.1 Å². The van der Waals surface area contributed by atoms with Crippen molar-refractivity contribution < 1.29 is 9.32 Å². The average molecular weight is 268 g/mol. The lowest BCUT2D eigenvalue weighted by atomic mass is 10.1. The fourth-order valence-corrected chi connectivity index (χ4v) is 2.04. The molecule has 100 valence electrons. The Labute approximate surface area is 114 Å². The number of pyridine rings is 1. The maximum absolute atomic E-state index is 12.3. The zero-order valence-electron chi connectivity index (χ0n) is 10.8. The largest absolute Gasteiger partial charge is 0.373 e. The van der Waals surface area contributed by atoms with Crippen LogP contribution in [0.4, 0.5) is 11.5 Å². The van der Waals surface area contributed by atoms with Gasteiger partial charge >= 0.3 is 0 Å². The van der Waals surface area contributed by atoms with Crippen LogP contribution in [-0.4, -0.2) is 23.1 Å². The summed E-state index contributed by atoms with van der Waals surface area (Å²) in [5, 5.41) is 11.0. The molecule has 6 nitrogen and oxygen atoms in total. The minimum atomic E-state index is -0.250. The Bertz CT molecular complexity index is 753. The number of amides is 1. The monoisotopic (exact) mass is 268 g/mol. The summed E-state index contributed by atoms with van der Waals surface area (Å²) >= 11 is 0. The van der Waals surface area contributed by atoms with E-state index in [1.165, 1.54) is 12.5 Å². The van der Waals surface area contributed by atoms with E-state index in [0.717, 1.165) is 16.6 Å². The molecule has 2 heterocycles. The molecule has 6 heteroatoms. The van der Waals surface area contributed by atoms with E-state index in [9.17, 15) is 4.79 Å². The van der Waals surface area contributed by atoms with Crippen LogP contribution in [0.3, 0.4) is 0 Å². The third-order valence-electron chi connectivity index (χ3n) is 2.97. The summed E-state index contributed by atoms with van der Waals surface area (Å²) in [7, 11) is 1.80. The molecule has 0 aliphatic rings. The molecule has 0 spiro atoms. The Morgan fingerprint density at radius 3 is 2.70 bits per heavy atom. The fraction of sp³-hybridized carbons (Fsp3) is 0.0714. The van der Waals surface area contributed by atoms with Crippen molar-refractivity contribution in [3.05, 3.63) is 48.5 Å². The van der Waals surface area contributed by atoms with Gasteiger partial charge in [-0.1, -0.05) is 29.4 Å². The van der Waals surface area contributed by atoms with Crippen molar-refractivity contribution >= 4 is 28.2 Å². The van der Waals surface area contributed by atoms with E-state index in [0.29, 0.717) is 11.3 Å². The zero-order chi connectivity index (χ0) is 13.9. The number of anilines is 2. The Morgan fingerprint density at radius 2 is 2.00 bits per heavy atom. The molecular formula is C14H12N4O2. The van der Waals surface area contributed by atoms with Crippen molar-refractivity contribution in [1.29, 1.82) is 0 Å². The van der Waals surface area contributed by atoms with E-state index in [4.69, 9.17) is 0 Å². The van der Waals surface area contributed by atoms with Crippen molar-refractivity contribution in [2.45, 2.75) is 0 Å². The van der Waals surface area contributed by atoms with Gasteiger partial charge in [0.15, 0.2) is 0 Å². The lowest BCUT2D eigenvalue weighted by molar-refractivity contribution is 0.102. The molecule has 0 radical (unpaired) electrons. The number of rotatable bonds is 3. The number of nitrogens with one attached hydrogen (secondary N) is 2. The first-order chi connectivity index (χ1) is 9.79. The predicted molar refractivity (Wildman–Crippen MR) is 75.7 cm³/mol. The predicted octanol–water partition coefficient (Wildman–Crippen LogP) is 2.52. The molecule has 3 aromatic rings. The van der Waals surface area contributed by atoms with Crippen LogP contribution < -0.4 is 10.6 Å². The highest BCUT2D eigenvalue weighted by molar-refractivity contribution is 6.14. The molecule has 3 rings (SSSR count). The molecule has 2 N–H and O–H groups in total. The number of carbonyl (C=O) groups is 1. The maximum atomic E-state index is 12.3. The van der Waals surface area contributed by atoms with Gasteiger partial charge in [-0.2, -0.15) is 0 Å². The molecule has 1 amide bonds. The molecule has 0 saturated heterocycles. The quantitative estimate of drug-likeness (QED) is 0.763. The standard InChI is InChI=1S/C14H12N4O2/c1-15-13-11-5-3-2-4-10(11)12(7-16-13)14(19)18-9-6-17-20-8-9/h2-8H,1H3,(H,15,16)(H,18,19). The number of aromatic nitrogens is 2. The van der Waals surface area contributed by atoms with Gasteiger partial charge in [-0.25, -0.2) is 4.98 Å². The Balaban J connectivity index is 2.05. The highest BCUT2D eigenvalue weighted by atomic mass is 16.5. The molecule has 0 saturated carbocycles. The minimum absolute atomic E-state index is 0.250. The van der Waals surface area contributed by atoms with Gasteiger partial charge in [0.1, 0.15) is 17.8 Å². The van der Waals surface area contributed by atoms with E-state index in [1.54, 1.807) is 13.2 Å². The van der Waals surface area contributed by atoms with Gasteiger partial charge in [0, 0.05) is 18.6 Å². The molecule has 0 atom stereocenters. The second kappa shape index (κ2) is 5.00. The van der Waals surface area contributed by atoms with Gasteiger partial charge < -0.3 is 15.2 Å². The van der Waals surface area contributed by atoms with E-state index >= 15 is 0 Å². The van der Waals surface area contributed by atoms with Crippen molar-refractivity contribution in [2.75, 3.05) is 17.7 Å². The van der Waals surface area contributed by atoms with Crippen molar-refractivity contribution in [3.63, 3.8) is 0 Å². The summed E-state index contributed by atoms with van der Waals surface area (Å²) in [5.41, 5.74) is 1.01. The number of hydrogen-bond donors (Lipinski definition) is 2. The Kier molecular flexibility index (Phi) is 3.04. The molecular weight excluding hydrogens is 256 g/mol. The summed E-state index contributed by atoms with van der Waals surface area (Å²) in [6, 6.07) is 7.61. The number of benzene rings is 1. The van der Waals surface area contributed by atoms with Gasteiger partial charge in [0.25, 0.3) is 5.91 Å². The molecule has 0 aliphatic heterocycles. The fourth-order valence-electron chi connectivity index (χ4n) is 2.04. The first-order valence-corrected chi connectivity index (χ1v) is 6.06. The molecule has 0 aliphatic carbocycles. The van der Waals surface area contributed by atoms with Crippen molar-refractivity contribution in [2.24, 2.45) is 0 Å². The van der Waals surface area contributed by atoms with Crippen LogP contribution in [-0.2, 0) is 0 Å². The van der Waals surface area contributed by atoms with E-state index in [1.807, 2.05) is 24.3 Å². The third-order valence-corrected chi connectivity index (χ3v) is 2.97. The number of hydrogen-bond acceptors (Lipinski definition) is 5. The lowest BCUT2D eigenvalue weighted by Crippen LogP contribution is -2.12. The zero-order valence-corrected chi connectivity index (χ0v) is 10.8. The first kappa shape index (κ1) is 12.2. The number of nitrogens with zero attached hydrogens (tertiary/aromatic N) is 2. The van der Waals surface area contributed by atoms with Gasteiger partial charge in [0.05, 0.1) is 11.8 Å². The minimum Gasteiger partial charge on any atom is -0.373 e. The highest BCUT2D eigenvalue weighted by Crippen LogP contribution is 2.24. The molecule has 0 unspecified atom stereocenters. The highest BCUT2D eigenvalue weighted by Gasteiger charge is 2.13. The summed E-state index contributed by atoms with van der Waals surface area (Å²) in [4.78, 5) is 16.5. The van der Waals surface area contributed by atoms with Gasteiger partial charge in [0.2, 0.25) is 0 Å². The lowest BCUT2D eigenvalue weighted by Gasteiger charge is -2.09. The second-order valence-electron chi connectivity index (χ2n) is 4.18. The Morgan fingerprint density at radius 1 is 1.20 bits per heavy atom. The summed E-state index contributed by atoms with van der Waals surface area (Å²) in [6.07, 6.45) is 4.36.